The molecule has 0 aliphatic heterocycles. The van der Waals surface area contributed by atoms with Gasteiger partial charge in [-0.3, -0.25) is 4.79 Å². The Labute approximate surface area is 169 Å². The molecular formula is C22H24N4O3. The fraction of sp³-hybridized carbons (Fsp3) is 0.227. The number of nitrogens with zero attached hydrogens (tertiary/aromatic N) is 2. The Morgan fingerprint density at radius 3 is 2.48 bits per heavy atom. The van der Waals surface area contributed by atoms with Gasteiger partial charge in [0, 0.05) is 11.6 Å². The third kappa shape index (κ3) is 4.82. The normalized spacial score (nSPS) is 11.7. The number of nitrogens with one attached hydrogen (secondary N) is 1. The van der Waals surface area contributed by atoms with Crippen LogP contribution < -0.4 is 11.1 Å². The largest absolute Gasteiger partial charge is 0.465 e. The van der Waals surface area contributed by atoms with E-state index in [0.717, 1.165) is 12.8 Å². The molecule has 1 amide bonds. The zero-order valence-corrected chi connectivity index (χ0v) is 16.5. The summed E-state index contributed by atoms with van der Waals surface area (Å²) in [4.78, 5) is 24.2. The summed E-state index contributed by atoms with van der Waals surface area (Å²) in [5.74, 6) is -0.501. The number of hydrogen-bond acceptors (Lipinski definition) is 5. The van der Waals surface area contributed by atoms with E-state index in [2.05, 4.69) is 27.3 Å². The van der Waals surface area contributed by atoms with Gasteiger partial charge in [0.25, 0.3) is 5.91 Å². The topological polar surface area (TPSA) is 99.2 Å². The summed E-state index contributed by atoms with van der Waals surface area (Å²) < 4.78 is 6.10. The first-order valence-electron chi connectivity index (χ1n) is 9.36. The van der Waals surface area contributed by atoms with Crippen LogP contribution in [0.2, 0.25) is 0 Å². The van der Waals surface area contributed by atoms with E-state index < -0.39 is 5.97 Å². The number of rotatable bonds is 7. The summed E-state index contributed by atoms with van der Waals surface area (Å²) >= 11 is 0. The predicted octanol–water partition coefficient (Wildman–Crippen LogP) is 2.99. The highest BCUT2D eigenvalue weighted by Crippen LogP contribution is 2.18. The summed E-state index contributed by atoms with van der Waals surface area (Å²) in [5.41, 5.74) is 8.61. The number of carbonyl (C=O) groups excluding carboxylic acids is 2. The van der Waals surface area contributed by atoms with Crippen LogP contribution in [0.4, 0.5) is 5.82 Å². The first kappa shape index (κ1) is 20.1. The first-order valence-corrected chi connectivity index (χ1v) is 9.36. The Morgan fingerprint density at radius 2 is 1.83 bits per heavy atom. The molecule has 0 unspecified atom stereocenters. The molecule has 2 aromatic carbocycles. The number of aromatic nitrogens is 2. The maximum absolute atomic E-state index is 12.5. The van der Waals surface area contributed by atoms with Gasteiger partial charge in [-0.25, -0.2) is 9.48 Å². The van der Waals surface area contributed by atoms with E-state index in [4.69, 9.17) is 5.73 Å². The summed E-state index contributed by atoms with van der Waals surface area (Å²) in [5, 5.41) is 7.14. The summed E-state index contributed by atoms with van der Waals surface area (Å²) in [6.45, 7) is 1.99. The lowest BCUT2D eigenvalue weighted by atomic mass is 10.1. The number of esters is 1. The molecule has 0 radical (unpaired) electrons. The third-order valence-corrected chi connectivity index (χ3v) is 4.67. The molecule has 7 nitrogen and oxygen atoms in total. The number of carbonyl (C=O) groups is 2. The van der Waals surface area contributed by atoms with E-state index in [9.17, 15) is 9.59 Å². The molecule has 0 saturated carbocycles. The van der Waals surface area contributed by atoms with Crippen LogP contribution in [0.15, 0.2) is 60.8 Å². The molecule has 1 aromatic heterocycles. The maximum atomic E-state index is 12.5. The highest BCUT2D eigenvalue weighted by molar-refractivity contribution is 5.95. The van der Waals surface area contributed by atoms with E-state index in [0.29, 0.717) is 11.3 Å². The molecule has 0 spiro atoms. The van der Waals surface area contributed by atoms with Gasteiger partial charge in [-0.15, -0.1) is 0 Å². The third-order valence-electron chi connectivity index (χ3n) is 4.67. The van der Waals surface area contributed by atoms with Crippen molar-refractivity contribution in [2.75, 3.05) is 12.8 Å². The van der Waals surface area contributed by atoms with Gasteiger partial charge in [-0.1, -0.05) is 30.3 Å². The number of benzene rings is 2. The number of methoxy groups -OCH3 is 1. The molecular weight excluding hydrogens is 368 g/mol. The fourth-order valence-electron chi connectivity index (χ4n) is 2.99. The number of nitrogens with two attached hydrogens (primary N) is 1. The monoisotopic (exact) mass is 392 g/mol. The minimum Gasteiger partial charge on any atom is -0.465 e. The molecule has 0 saturated heterocycles. The minimum absolute atomic E-state index is 0.0479. The van der Waals surface area contributed by atoms with Gasteiger partial charge >= 0.3 is 5.97 Å². The highest BCUT2D eigenvalue weighted by Gasteiger charge is 2.17. The van der Waals surface area contributed by atoms with Crippen LogP contribution in [0.5, 0.6) is 0 Å². The molecule has 3 N–H and O–H groups in total. The van der Waals surface area contributed by atoms with Gasteiger partial charge in [0.1, 0.15) is 11.4 Å². The number of anilines is 1. The van der Waals surface area contributed by atoms with Gasteiger partial charge in [0.15, 0.2) is 0 Å². The van der Waals surface area contributed by atoms with Gasteiger partial charge in [-0.05, 0) is 49.6 Å². The Balaban J connectivity index is 1.61. The molecule has 7 heteroatoms. The van der Waals surface area contributed by atoms with Crippen molar-refractivity contribution in [3.05, 3.63) is 77.5 Å². The van der Waals surface area contributed by atoms with Crippen molar-refractivity contribution in [2.24, 2.45) is 0 Å². The Kier molecular flexibility index (Phi) is 6.29. The average molecular weight is 392 g/mol. The number of hydrogen-bond donors (Lipinski definition) is 2. The lowest BCUT2D eigenvalue weighted by Gasteiger charge is -2.14. The number of aryl methyl sites for hydroxylation is 1. The van der Waals surface area contributed by atoms with Crippen molar-refractivity contribution >= 4 is 17.7 Å². The van der Waals surface area contributed by atoms with Crippen LogP contribution in [0.1, 0.15) is 39.6 Å². The first-order chi connectivity index (χ1) is 14.0. The molecule has 3 rings (SSSR count). The minimum atomic E-state index is -0.547. The summed E-state index contributed by atoms with van der Waals surface area (Å²) in [6.07, 6.45) is 3.12. The smallest absolute Gasteiger partial charge is 0.343 e. The second-order valence-corrected chi connectivity index (χ2v) is 6.79. The van der Waals surface area contributed by atoms with E-state index in [1.807, 2.05) is 25.1 Å². The molecule has 3 aromatic rings. The molecule has 0 aliphatic carbocycles. The Hall–Kier alpha value is -3.61. The van der Waals surface area contributed by atoms with Gasteiger partial charge in [-0.2, -0.15) is 5.10 Å². The zero-order chi connectivity index (χ0) is 20.8. The lowest BCUT2D eigenvalue weighted by Crippen LogP contribution is -2.32. The Bertz CT molecular complexity index is 981. The van der Waals surface area contributed by atoms with Gasteiger partial charge in [0.05, 0.1) is 19.0 Å². The van der Waals surface area contributed by atoms with Crippen molar-refractivity contribution in [1.82, 2.24) is 15.1 Å². The van der Waals surface area contributed by atoms with Crippen LogP contribution in [-0.4, -0.2) is 34.8 Å². The zero-order valence-electron chi connectivity index (χ0n) is 16.5. The molecule has 150 valence electrons. The van der Waals surface area contributed by atoms with Crippen molar-refractivity contribution in [3.8, 4) is 5.69 Å². The molecule has 1 heterocycles. The number of amides is 1. The Morgan fingerprint density at radius 1 is 1.14 bits per heavy atom. The molecule has 0 fully saturated rings. The van der Waals surface area contributed by atoms with Crippen LogP contribution in [0, 0.1) is 0 Å². The van der Waals surface area contributed by atoms with Crippen molar-refractivity contribution in [1.29, 1.82) is 0 Å². The summed E-state index contributed by atoms with van der Waals surface area (Å²) in [6, 6.07) is 17.1. The second-order valence-electron chi connectivity index (χ2n) is 6.79. The van der Waals surface area contributed by atoms with E-state index >= 15 is 0 Å². The van der Waals surface area contributed by atoms with Crippen molar-refractivity contribution < 1.29 is 14.3 Å². The molecule has 0 bridgehead atoms. The van der Waals surface area contributed by atoms with E-state index in [1.54, 1.807) is 24.3 Å². The standard InChI is InChI=1S/C22H24N4O3/c1-15(8-9-16-6-4-3-5-7-16)25-21(27)17-10-12-18(13-11-17)26-20(23)19(14-24-26)22(28)29-2/h3-7,10-15H,8-9,23H2,1-2H3,(H,25,27)/t15-/m1/s1. The van der Waals surface area contributed by atoms with E-state index in [1.165, 1.54) is 23.6 Å². The van der Waals surface area contributed by atoms with Crippen LogP contribution in [0.25, 0.3) is 5.69 Å². The average Bonchev–Trinajstić information content (AvgIpc) is 3.14. The van der Waals surface area contributed by atoms with Crippen LogP contribution in [-0.2, 0) is 11.2 Å². The van der Waals surface area contributed by atoms with Crippen molar-refractivity contribution in [3.63, 3.8) is 0 Å². The van der Waals surface area contributed by atoms with E-state index in [-0.39, 0.29) is 23.3 Å². The second kappa shape index (κ2) is 9.05. The number of ether oxygens (including phenoxy) is 1. The predicted molar refractivity (Wildman–Crippen MR) is 111 cm³/mol. The molecule has 1 atom stereocenters. The van der Waals surface area contributed by atoms with Crippen LogP contribution in [0.3, 0.4) is 0 Å². The molecule has 0 aliphatic rings. The SMILES string of the molecule is COC(=O)c1cnn(-c2ccc(C(=O)N[C@H](C)CCc3ccccc3)cc2)c1N. The molecule has 29 heavy (non-hydrogen) atoms. The van der Waals surface area contributed by atoms with Crippen LogP contribution >= 0.6 is 0 Å². The lowest BCUT2D eigenvalue weighted by molar-refractivity contribution is 0.0601. The number of nitrogen functional groups attached to an aromatic ring is 1. The van der Waals surface area contributed by atoms with Crippen molar-refractivity contribution in [2.45, 2.75) is 25.8 Å². The maximum Gasteiger partial charge on any atom is 0.343 e. The van der Waals surface area contributed by atoms with Gasteiger partial charge < -0.3 is 15.8 Å². The summed E-state index contributed by atoms with van der Waals surface area (Å²) in [7, 11) is 1.29. The quantitative estimate of drug-likeness (QED) is 0.602. The van der Waals surface area contributed by atoms with Gasteiger partial charge in [0.2, 0.25) is 0 Å². The highest BCUT2D eigenvalue weighted by atomic mass is 16.5. The fourth-order valence-corrected chi connectivity index (χ4v) is 2.99.